The first-order valence-corrected chi connectivity index (χ1v) is 7.60. The number of aliphatic hydroxyl groups is 1. The predicted molar refractivity (Wildman–Crippen MR) is 93.0 cm³/mol. The van der Waals surface area contributed by atoms with Crippen LogP contribution in [0.5, 0.6) is 5.75 Å². The second-order valence-corrected chi connectivity index (χ2v) is 5.31. The molecule has 0 fully saturated rings. The van der Waals surface area contributed by atoms with Gasteiger partial charge in [0.15, 0.2) is 6.29 Å². The second kappa shape index (κ2) is 8.24. The average Bonchev–Trinajstić information content (AvgIpc) is 3.01. The SMILES string of the molecule is Cc1ncc(CO)c(C=O)c1O.NCCc1c[nH]c2ccccc12. The summed E-state index contributed by atoms with van der Waals surface area (Å²) in [6.45, 7) is 2.00. The molecule has 6 heteroatoms. The third-order valence-corrected chi connectivity index (χ3v) is 3.73. The summed E-state index contributed by atoms with van der Waals surface area (Å²) in [6.07, 6.45) is 4.87. The van der Waals surface area contributed by atoms with Crippen molar-refractivity contribution in [3.8, 4) is 5.75 Å². The van der Waals surface area contributed by atoms with Crippen molar-refractivity contribution >= 4 is 17.2 Å². The maximum Gasteiger partial charge on any atom is 0.154 e. The number of aromatic nitrogens is 2. The Morgan fingerprint density at radius 3 is 2.71 bits per heavy atom. The average molecular weight is 327 g/mol. The summed E-state index contributed by atoms with van der Waals surface area (Å²) in [5.41, 5.74) is 8.85. The summed E-state index contributed by atoms with van der Waals surface area (Å²) < 4.78 is 0. The van der Waals surface area contributed by atoms with E-state index >= 15 is 0 Å². The van der Waals surface area contributed by atoms with Crippen LogP contribution in [0.4, 0.5) is 0 Å². The van der Waals surface area contributed by atoms with E-state index in [4.69, 9.17) is 10.8 Å². The Balaban J connectivity index is 0.000000174. The van der Waals surface area contributed by atoms with E-state index < -0.39 is 0 Å². The quantitative estimate of drug-likeness (QED) is 0.548. The fourth-order valence-electron chi connectivity index (χ4n) is 2.40. The Bertz CT molecular complexity index is 827. The van der Waals surface area contributed by atoms with Crippen LogP contribution in [-0.4, -0.2) is 33.0 Å². The van der Waals surface area contributed by atoms with Crippen LogP contribution >= 0.6 is 0 Å². The normalized spacial score (nSPS) is 10.3. The lowest BCUT2D eigenvalue weighted by Gasteiger charge is -2.04. The molecular weight excluding hydrogens is 306 g/mol. The van der Waals surface area contributed by atoms with Crippen LogP contribution < -0.4 is 5.73 Å². The van der Waals surface area contributed by atoms with Gasteiger partial charge in [0.05, 0.1) is 17.9 Å². The van der Waals surface area contributed by atoms with Crippen molar-refractivity contribution in [3.05, 3.63) is 59.0 Å². The summed E-state index contributed by atoms with van der Waals surface area (Å²) in [7, 11) is 0. The van der Waals surface area contributed by atoms with Crippen molar-refractivity contribution in [1.29, 1.82) is 0 Å². The Kier molecular flexibility index (Phi) is 6.06. The number of fused-ring (bicyclic) bond motifs is 1. The van der Waals surface area contributed by atoms with Gasteiger partial charge in [-0.25, -0.2) is 0 Å². The molecule has 5 N–H and O–H groups in total. The van der Waals surface area contributed by atoms with Gasteiger partial charge in [-0.15, -0.1) is 0 Å². The summed E-state index contributed by atoms with van der Waals surface area (Å²) in [5.74, 6) is -0.156. The molecule has 0 spiro atoms. The van der Waals surface area contributed by atoms with Gasteiger partial charge >= 0.3 is 0 Å². The highest BCUT2D eigenvalue weighted by molar-refractivity contribution is 5.83. The Labute approximate surface area is 140 Å². The Morgan fingerprint density at radius 2 is 2.04 bits per heavy atom. The topological polar surface area (TPSA) is 112 Å². The highest BCUT2D eigenvalue weighted by Gasteiger charge is 2.09. The fourth-order valence-corrected chi connectivity index (χ4v) is 2.40. The van der Waals surface area contributed by atoms with E-state index in [-0.39, 0.29) is 17.9 Å². The van der Waals surface area contributed by atoms with Crippen LogP contribution in [0.2, 0.25) is 0 Å². The molecule has 0 aliphatic carbocycles. The number of aromatic hydroxyl groups is 1. The Morgan fingerprint density at radius 1 is 1.29 bits per heavy atom. The number of nitrogens with two attached hydrogens (primary N) is 1. The highest BCUT2D eigenvalue weighted by Crippen LogP contribution is 2.21. The number of nitrogens with zero attached hydrogens (tertiary/aromatic N) is 1. The number of aliphatic hydroxyl groups excluding tert-OH is 1. The molecule has 24 heavy (non-hydrogen) atoms. The number of carbonyl (C=O) groups is 1. The van der Waals surface area contributed by atoms with Gasteiger partial charge in [-0.3, -0.25) is 9.78 Å². The molecule has 3 rings (SSSR count). The zero-order valence-electron chi connectivity index (χ0n) is 13.5. The van der Waals surface area contributed by atoms with Gasteiger partial charge in [0.1, 0.15) is 5.75 Å². The number of hydrogen-bond acceptors (Lipinski definition) is 5. The summed E-state index contributed by atoms with van der Waals surface area (Å²) in [6, 6.07) is 8.29. The van der Waals surface area contributed by atoms with Gasteiger partial charge in [-0.1, -0.05) is 18.2 Å². The van der Waals surface area contributed by atoms with Crippen molar-refractivity contribution in [2.24, 2.45) is 5.73 Å². The molecule has 0 aliphatic rings. The second-order valence-electron chi connectivity index (χ2n) is 5.31. The lowest BCUT2D eigenvalue weighted by atomic mass is 10.1. The first-order valence-electron chi connectivity index (χ1n) is 7.60. The maximum absolute atomic E-state index is 10.5. The number of carbonyl (C=O) groups excluding carboxylic acids is 1. The van der Waals surface area contributed by atoms with E-state index in [1.807, 2.05) is 12.3 Å². The number of aldehydes is 1. The monoisotopic (exact) mass is 327 g/mol. The molecule has 2 heterocycles. The van der Waals surface area contributed by atoms with Crippen LogP contribution in [0.1, 0.15) is 27.2 Å². The number of para-hydroxylation sites is 1. The zero-order chi connectivity index (χ0) is 17.5. The molecule has 6 nitrogen and oxygen atoms in total. The molecule has 0 saturated carbocycles. The van der Waals surface area contributed by atoms with Crippen molar-refractivity contribution in [3.63, 3.8) is 0 Å². The fraction of sp³-hybridized carbons (Fsp3) is 0.222. The van der Waals surface area contributed by atoms with Crippen molar-refractivity contribution in [2.75, 3.05) is 6.54 Å². The molecule has 0 amide bonds. The molecule has 2 aromatic heterocycles. The number of aryl methyl sites for hydroxylation is 1. The smallest absolute Gasteiger partial charge is 0.154 e. The minimum Gasteiger partial charge on any atom is -0.505 e. The maximum atomic E-state index is 10.5. The van der Waals surface area contributed by atoms with E-state index in [2.05, 4.69) is 28.2 Å². The molecule has 0 unspecified atom stereocenters. The lowest BCUT2D eigenvalue weighted by molar-refractivity contribution is 0.111. The van der Waals surface area contributed by atoms with Gasteiger partial charge in [0.25, 0.3) is 0 Å². The van der Waals surface area contributed by atoms with Gasteiger partial charge < -0.3 is 20.9 Å². The molecule has 3 aromatic rings. The van der Waals surface area contributed by atoms with Crippen LogP contribution in [0, 0.1) is 6.92 Å². The molecule has 126 valence electrons. The van der Waals surface area contributed by atoms with Gasteiger partial charge in [0.2, 0.25) is 0 Å². The molecule has 0 saturated heterocycles. The number of nitrogens with one attached hydrogen (secondary N) is 1. The van der Waals surface area contributed by atoms with Gasteiger partial charge in [-0.2, -0.15) is 0 Å². The number of aromatic amines is 1. The first-order chi connectivity index (χ1) is 11.6. The highest BCUT2D eigenvalue weighted by atomic mass is 16.3. The van der Waals surface area contributed by atoms with Crippen molar-refractivity contribution < 1.29 is 15.0 Å². The van der Waals surface area contributed by atoms with Crippen LogP contribution in [-0.2, 0) is 13.0 Å². The number of H-pyrrole nitrogens is 1. The lowest BCUT2D eigenvalue weighted by Crippen LogP contribution is -2.01. The molecule has 0 aliphatic heterocycles. The van der Waals surface area contributed by atoms with Gasteiger partial charge in [0, 0.05) is 28.9 Å². The largest absolute Gasteiger partial charge is 0.505 e. The van der Waals surface area contributed by atoms with E-state index in [9.17, 15) is 9.90 Å². The van der Waals surface area contributed by atoms with Crippen LogP contribution in [0.15, 0.2) is 36.7 Å². The molecular formula is C18H21N3O3. The van der Waals surface area contributed by atoms with E-state index in [1.165, 1.54) is 22.7 Å². The van der Waals surface area contributed by atoms with E-state index in [0.29, 0.717) is 24.1 Å². The molecule has 1 aromatic carbocycles. The first kappa shape index (κ1) is 17.7. The summed E-state index contributed by atoms with van der Waals surface area (Å²) >= 11 is 0. The summed E-state index contributed by atoms with van der Waals surface area (Å²) in [5, 5.41) is 19.4. The van der Waals surface area contributed by atoms with Crippen LogP contribution in [0.25, 0.3) is 10.9 Å². The zero-order valence-corrected chi connectivity index (χ0v) is 13.5. The van der Waals surface area contributed by atoms with Crippen LogP contribution in [0.3, 0.4) is 0 Å². The van der Waals surface area contributed by atoms with Crippen molar-refractivity contribution in [2.45, 2.75) is 20.0 Å². The summed E-state index contributed by atoms with van der Waals surface area (Å²) in [4.78, 5) is 17.5. The van der Waals surface area contributed by atoms with Gasteiger partial charge in [-0.05, 0) is 31.5 Å². The minimum absolute atomic E-state index is 0.116. The minimum atomic E-state index is -0.297. The molecule has 0 atom stereocenters. The Hall–Kier alpha value is -2.70. The van der Waals surface area contributed by atoms with Crippen molar-refractivity contribution in [1.82, 2.24) is 9.97 Å². The van der Waals surface area contributed by atoms with E-state index in [0.717, 1.165) is 6.42 Å². The molecule has 0 radical (unpaired) electrons. The number of hydrogen-bond donors (Lipinski definition) is 4. The third-order valence-electron chi connectivity index (χ3n) is 3.73. The number of pyridine rings is 1. The predicted octanol–water partition coefficient (Wildman–Crippen LogP) is 2.07. The standard InChI is InChI=1S/C10H12N2.C8H9NO3/c11-6-5-8-7-12-10-4-2-1-3-9(8)10;1-5-8(12)7(4-11)6(3-10)2-9-5/h1-4,7,12H,5-6,11H2;2,4,10,12H,3H2,1H3. The number of rotatable bonds is 4. The van der Waals surface area contributed by atoms with E-state index in [1.54, 1.807) is 6.92 Å². The third kappa shape index (κ3) is 3.79. The molecule has 0 bridgehead atoms. The number of benzene rings is 1.